The van der Waals surface area contributed by atoms with E-state index in [9.17, 15) is 14.9 Å². The molecule has 0 saturated carbocycles. The van der Waals surface area contributed by atoms with Crippen molar-refractivity contribution in [1.82, 2.24) is 10.2 Å². The van der Waals surface area contributed by atoms with E-state index in [1.807, 2.05) is 0 Å². The fourth-order valence-corrected chi connectivity index (χ4v) is 1.90. The Morgan fingerprint density at radius 3 is 2.52 bits per heavy atom. The van der Waals surface area contributed by atoms with Crippen LogP contribution in [0.25, 0.3) is 0 Å². The Balaban J connectivity index is 2.11. The molecule has 0 fully saturated rings. The van der Waals surface area contributed by atoms with Crippen LogP contribution in [0, 0.1) is 30.9 Å². The third-order valence-corrected chi connectivity index (χ3v) is 3.04. The highest BCUT2D eigenvalue weighted by Crippen LogP contribution is 2.22. The maximum Gasteiger partial charge on any atom is 0.323 e. The summed E-state index contributed by atoms with van der Waals surface area (Å²) in [7, 11) is 0. The second-order valence-corrected chi connectivity index (χ2v) is 4.64. The quantitative estimate of drug-likeness (QED) is 0.595. The Hall–Kier alpha value is -2.90. The van der Waals surface area contributed by atoms with Crippen molar-refractivity contribution in [3.05, 3.63) is 45.3 Å². The van der Waals surface area contributed by atoms with Crippen LogP contribution in [0.4, 0.5) is 21.9 Å². The number of non-ortho nitro benzene ring substituents is 1. The first-order valence-corrected chi connectivity index (χ1v) is 6.23. The molecule has 1 aromatic carbocycles. The van der Waals surface area contributed by atoms with Gasteiger partial charge in [0.25, 0.3) is 5.69 Å². The first-order valence-electron chi connectivity index (χ1n) is 6.23. The van der Waals surface area contributed by atoms with E-state index >= 15 is 0 Å². The molecule has 2 rings (SSSR count). The number of hydrogen-bond acceptors (Lipinski definition) is 4. The number of urea groups is 1. The second-order valence-electron chi connectivity index (χ2n) is 4.64. The third kappa shape index (κ3) is 3.16. The van der Waals surface area contributed by atoms with Gasteiger partial charge in [0, 0.05) is 17.8 Å². The summed E-state index contributed by atoms with van der Waals surface area (Å²) in [6, 6.07) is 3.82. The normalized spacial score (nSPS) is 10.2. The van der Waals surface area contributed by atoms with Gasteiger partial charge in [0.2, 0.25) is 0 Å². The van der Waals surface area contributed by atoms with Crippen LogP contribution in [0.5, 0.6) is 0 Å². The zero-order chi connectivity index (χ0) is 15.6. The Morgan fingerprint density at radius 1 is 1.29 bits per heavy atom. The number of amides is 2. The molecule has 2 amide bonds. The standard InChI is InChI=1S/C13H15N5O3/c1-7-6-10(18(20)21)4-5-11(7)14-13(19)15-12-8(2)16-17-9(12)3/h4-6H,1-3H3,(H,16,17)(H2,14,15,19). The highest BCUT2D eigenvalue weighted by atomic mass is 16.6. The zero-order valence-corrected chi connectivity index (χ0v) is 11.9. The minimum Gasteiger partial charge on any atom is -0.307 e. The summed E-state index contributed by atoms with van der Waals surface area (Å²) < 4.78 is 0. The molecule has 8 heteroatoms. The van der Waals surface area contributed by atoms with Crippen molar-refractivity contribution in [1.29, 1.82) is 0 Å². The lowest BCUT2D eigenvalue weighted by Crippen LogP contribution is -2.20. The lowest BCUT2D eigenvalue weighted by molar-refractivity contribution is -0.384. The van der Waals surface area contributed by atoms with Gasteiger partial charge in [-0.25, -0.2) is 4.79 Å². The largest absolute Gasteiger partial charge is 0.323 e. The van der Waals surface area contributed by atoms with Crippen LogP contribution in [0.3, 0.4) is 0 Å². The monoisotopic (exact) mass is 289 g/mol. The Morgan fingerprint density at radius 2 is 2.00 bits per heavy atom. The van der Waals surface area contributed by atoms with Crippen LogP contribution in [0.1, 0.15) is 17.0 Å². The number of anilines is 2. The number of nitro groups is 1. The van der Waals surface area contributed by atoms with Crippen molar-refractivity contribution in [2.24, 2.45) is 0 Å². The van der Waals surface area contributed by atoms with Gasteiger partial charge in [0.15, 0.2) is 0 Å². The summed E-state index contributed by atoms with van der Waals surface area (Å²) in [5.74, 6) is 0. The van der Waals surface area contributed by atoms with Gasteiger partial charge in [-0.15, -0.1) is 0 Å². The zero-order valence-electron chi connectivity index (χ0n) is 11.9. The molecule has 3 N–H and O–H groups in total. The molecule has 1 aromatic heterocycles. The van der Waals surface area contributed by atoms with E-state index in [-0.39, 0.29) is 5.69 Å². The summed E-state index contributed by atoms with van der Waals surface area (Å²) in [5.41, 5.74) is 3.16. The van der Waals surface area contributed by atoms with E-state index in [0.29, 0.717) is 22.6 Å². The second kappa shape index (κ2) is 5.61. The van der Waals surface area contributed by atoms with Crippen molar-refractivity contribution in [2.75, 3.05) is 10.6 Å². The van der Waals surface area contributed by atoms with Crippen molar-refractivity contribution >= 4 is 23.1 Å². The topological polar surface area (TPSA) is 113 Å². The van der Waals surface area contributed by atoms with Gasteiger partial charge in [-0.3, -0.25) is 15.2 Å². The van der Waals surface area contributed by atoms with E-state index in [1.165, 1.54) is 18.2 Å². The van der Waals surface area contributed by atoms with Crippen molar-refractivity contribution in [3.8, 4) is 0 Å². The molecule has 0 aliphatic rings. The fraction of sp³-hybridized carbons (Fsp3) is 0.231. The molecule has 21 heavy (non-hydrogen) atoms. The smallest absolute Gasteiger partial charge is 0.307 e. The predicted molar refractivity (Wildman–Crippen MR) is 78.5 cm³/mol. The number of H-pyrrole nitrogens is 1. The summed E-state index contributed by atoms with van der Waals surface area (Å²) >= 11 is 0. The number of aromatic nitrogens is 2. The first kappa shape index (κ1) is 14.5. The molecule has 0 aliphatic carbocycles. The van der Waals surface area contributed by atoms with Gasteiger partial charge in [-0.1, -0.05) is 0 Å². The van der Waals surface area contributed by atoms with E-state index in [0.717, 1.165) is 5.69 Å². The number of aromatic amines is 1. The number of nitrogens with zero attached hydrogens (tertiary/aromatic N) is 2. The van der Waals surface area contributed by atoms with E-state index in [2.05, 4.69) is 20.8 Å². The molecular weight excluding hydrogens is 274 g/mol. The van der Waals surface area contributed by atoms with Crippen molar-refractivity contribution < 1.29 is 9.72 Å². The van der Waals surface area contributed by atoms with Gasteiger partial charge in [-0.05, 0) is 32.4 Å². The molecule has 0 unspecified atom stereocenters. The number of nitrogens with one attached hydrogen (secondary N) is 3. The number of aryl methyl sites for hydroxylation is 3. The van der Waals surface area contributed by atoms with Crippen LogP contribution in [0.15, 0.2) is 18.2 Å². The van der Waals surface area contributed by atoms with Gasteiger partial charge >= 0.3 is 6.03 Å². The molecule has 8 nitrogen and oxygen atoms in total. The van der Waals surface area contributed by atoms with E-state index in [1.54, 1.807) is 20.8 Å². The molecule has 1 heterocycles. The molecule has 2 aromatic rings. The Bertz CT molecular complexity index is 688. The number of carbonyl (C=O) groups excluding carboxylic acids is 1. The van der Waals surface area contributed by atoms with Crippen molar-refractivity contribution in [2.45, 2.75) is 20.8 Å². The number of rotatable bonds is 3. The molecule has 0 aliphatic heterocycles. The Kier molecular flexibility index (Phi) is 3.88. The highest BCUT2D eigenvalue weighted by molar-refractivity contribution is 6.00. The number of benzene rings is 1. The average molecular weight is 289 g/mol. The average Bonchev–Trinajstić information content (AvgIpc) is 2.72. The molecule has 0 spiro atoms. The minimum atomic E-state index is -0.477. The molecule has 110 valence electrons. The van der Waals surface area contributed by atoms with Crippen LogP contribution in [-0.4, -0.2) is 21.2 Å². The predicted octanol–water partition coefficient (Wildman–Crippen LogP) is 2.89. The van der Waals surface area contributed by atoms with Crippen LogP contribution in [-0.2, 0) is 0 Å². The summed E-state index contributed by atoms with van der Waals surface area (Å²) in [4.78, 5) is 22.1. The molecular formula is C13H15N5O3. The molecule has 0 atom stereocenters. The molecule has 0 saturated heterocycles. The highest BCUT2D eigenvalue weighted by Gasteiger charge is 2.13. The number of carbonyl (C=O) groups is 1. The summed E-state index contributed by atoms with van der Waals surface area (Å²) in [6.45, 7) is 5.26. The maximum absolute atomic E-state index is 12.0. The fourth-order valence-electron chi connectivity index (χ4n) is 1.90. The van der Waals surface area contributed by atoms with Crippen LogP contribution < -0.4 is 10.6 Å². The SMILES string of the molecule is Cc1cc([N+](=O)[O-])ccc1NC(=O)Nc1c(C)n[nH]c1C. The third-order valence-electron chi connectivity index (χ3n) is 3.04. The number of nitro benzene ring substituents is 1. The van der Waals surface area contributed by atoms with Gasteiger partial charge in [0.1, 0.15) is 0 Å². The Labute approximate surface area is 120 Å². The first-order chi connectivity index (χ1) is 9.88. The maximum atomic E-state index is 12.0. The lowest BCUT2D eigenvalue weighted by Gasteiger charge is -2.09. The lowest BCUT2D eigenvalue weighted by atomic mass is 10.2. The molecule has 0 radical (unpaired) electrons. The van der Waals surface area contributed by atoms with E-state index < -0.39 is 11.0 Å². The molecule has 0 bridgehead atoms. The summed E-state index contributed by atoms with van der Waals surface area (Å²) in [5, 5.41) is 22.8. The van der Waals surface area contributed by atoms with Crippen LogP contribution >= 0.6 is 0 Å². The van der Waals surface area contributed by atoms with Gasteiger partial charge in [0.05, 0.1) is 22.0 Å². The van der Waals surface area contributed by atoms with Crippen LogP contribution in [0.2, 0.25) is 0 Å². The van der Waals surface area contributed by atoms with Crippen molar-refractivity contribution in [3.63, 3.8) is 0 Å². The van der Waals surface area contributed by atoms with E-state index in [4.69, 9.17) is 0 Å². The van der Waals surface area contributed by atoms with Gasteiger partial charge in [-0.2, -0.15) is 5.10 Å². The minimum absolute atomic E-state index is 0.0139. The number of hydrogen-bond donors (Lipinski definition) is 3. The van der Waals surface area contributed by atoms with Gasteiger partial charge < -0.3 is 10.6 Å². The summed E-state index contributed by atoms with van der Waals surface area (Å²) in [6.07, 6.45) is 0.